The summed E-state index contributed by atoms with van der Waals surface area (Å²) in [6.07, 6.45) is 0. The van der Waals surface area contributed by atoms with Crippen LogP contribution in [0.3, 0.4) is 0 Å². The summed E-state index contributed by atoms with van der Waals surface area (Å²) in [6.45, 7) is 15.3. The summed E-state index contributed by atoms with van der Waals surface area (Å²) < 4.78 is 0. The van der Waals surface area contributed by atoms with Crippen LogP contribution in [0.1, 0.15) is 55.4 Å². The van der Waals surface area contributed by atoms with E-state index in [9.17, 15) is 21.0 Å². The van der Waals surface area contributed by atoms with Crippen LogP contribution in [0.2, 0.25) is 0 Å². The van der Waals surface area contributed by atoms with Crippen molar-refractivity contribution in [3.63, 3.8) is 0 Å². The summed E-state index contributed by atoms with van der Waals surface area (Å²) in [5.74, 6) is 0. The maximum atomic E-state index is 10.1. The van der Waals surface area contributed by atoms with Crippen molar-refractivity contribution in [1.29, 1.82) is 21.0 Å². The molecule has 4 heteroatoms. The van der Waals surface area contributed by atoms with Crippen molar-refractivity contribution in [3.05, 3.63) is 33.4 Å². The molecule has 0 spiro atoms. The number of rotatable bonds is 0. The van der Waals surface area contributed by atoms with Gasteiger partial charge in [-0.3, -0.25) is 0 Å². The minimum atomic E-state index is -1.78. The Morgan fingerprint density at radius 2 is 0.808 bits per heavy atom. The lowest BCUT2D eigenvalue weighted by molar-refractivity contribution is 0.0315. The van der Waals surface area contributed by atoms with Gasteiger partial charge in [0.25, 0.3) is 0 Å². The molecule has 0 atom stereocenters. The lowest BCUT2D eigenvalue weighted by Crippen LogP contribution is -2.63. The van der Waals surface area contributed by atoms with Gasteiger partial charge in [-0.15, -0.1) is 0 Å². The molecule has 0 aromatic rings. The van der Waals surface area contributed by atoms with Crippen molar-refractivity contribution in [1.82, 2.24) is 0 Å². The molecule has 2 aliphatic rings. The quantitative estimate of drug-likeness (QED) is 0.610. The van der Waals surface area contributed by atoms with Gasteiger partial charge in [0, 0.05) is 10.8 Å². The predicted molar refractivity (Wildman–Crippen MR) is 98.7 cm³/mol. The summed E-state index contributed by atoms with van der Waals surface area (Å²) in [5.41, 5.74) is 0.765. The van der Waals surface area contributed by atoms with Crippen molar-refractivity contribution < 1.29 is 0 Å². The fraction of sp³-hybridized carbons (Fsp3) is 0.545. The highest BCUT2D eigenvalue weighted by atomic mass is 14.7. The third kappa shape index (κ3) is 1.66. The monoisotopic (exact) mass is 344 g/mol. The zero-order chi connectivity index (χ0) is 20.3. The zero-order valence-electron chi connectivity index (χ0n) is 16.8. The summed E-state index contributed by atoms with van der Waals surface area (Å²) in [5, 5.41) is 40.4. The van der Waals surface area contributed by atoms with Crippen molar-refractivity contribution in [2.75, 3.05) is 0 Å². The highest BCUT2D eigenvalue weighted by Gasteiger charge is 2.76. The molecule has 0 bridgehead atoms. The fourth-order valence-electron chi connectivity index (χ4n) is 4.94. The molecule has 0 aromatic carbocycles. The van der Waals surface area contributed by atoms with Crippen LogP contribution in [0.15, 0.2) is 33.4 Å². The number of allylic oxidation sites excluding steroid dienone is 6. The Balaban J connectivity index is 3.23. The third-order valence-corrected chi connectivity index (χ3v) is 6.36. The molecule has 4 nitrogen and oxygen atoms in total. The predicted octanol–water partition coefficient (Wildman–Crippen LogP) is 5.10. The van der Waals surface area contributed by atoms with Gasteiger partial charge in [0.05, 0.1) is 24.3 Å². The van der Waals surface area contributed by atoms with E-state index in [1.54, 1.807) is 0 Å². The van der Waals surface area contributed by atoms with Gasteiger partial charge >= 0.3 is 0 Å². The molecule has 0 saturated carbocycles. The molecular formula is C22H24N4. The topological polar surface area (TPSA) is 95.2 Å². The molecule has 2 rings (SSSR count). The standard InChI is InChI=1S/C22H24N4/c1-13(2)15-16(14(3)4)18-17(15)19(5,6)21(9-23,10-24)22(11-25,12-26)20(18,7)8/h1-8H3. The van der Waals surface area contributed by atoms with Gasteiger partial charge in [0.2, 0.25) is 0 Å². The molecule has 0 unspecified atom stereocenters. The van der Waals surface area contributed by atoms with Crippen LogP contribution in [0.5, 0.6) is 0 Å². The van der Waals surface area contributed by atoms with Crippen LogP contribution < -0.4 is 0 Å². The summed E-state index contributed by atoms with van der Waals surface area (Å²) in [4.78, 5) is 0. The average molecular weight is 344 g/mol. The van der Waals surface area contributed by atoms with Crippen molar-refractivity contribution in [3.8, 4) is 24.3 Å². The minimum Gasteiger partial charge on any atom is -0.196 e. The van der Waals surface area contributed by atoms with E-state index in [2.05, 4.69) is 24.3 Å². The van der Waals surface area contributed by atoms with Gasteiger partial charge in [-0.25, -0.2) is 0 Å². The largest absolute Gasteiger partial charge is 0.196 e. The highest BCUT2D eigenvalue weighted by Crippen LogP contribution is 2.74. The van der Waals surface area contributed by atoms with Crippen LogP contribution in [0.4, 0.5) is 0 Å². The lowest BCUT2D eigenvalue weighted by atomic mass is 9.35. The Morgan fingerprint density at radius 1 is 0.577 bits per heavy atom. The maximum absolute atomic E-state index is 10.1. The van der Waals surface area contributed by atoms with Gasteiger partial charge in [-0.05, 0) is 50.0 Å². The third-order valence-electron chi connectivity index (χ3n) is 6.36. The normalized spacial score (nSPS) is 23.4. The van der Waals surface area contributed by atoms with Crippen molar-refractivity contribution in [2.24, 2.45) is 21.7 Å². The van der Waals surface area contributed by atoms with Gasteiger partial charge in [0.15, 0.2) is 10.8 Å². The second kappa shape index (κ2) is 5.34. The molecule has 0 aromatic heterocycles. The smallest absolute Gasteiger partial charge is 0.185 e. The fourth-order valence-corrected chi connectivity index (χ4v) is 4.94. The molecule has 0 amide bonds. The first-order valence-corrected chi connectivity index (χ1v) is 8.64. The Labute approximate surface area is 156 Å². The zero-order valence-corrected chi connectivity index (χ0v) is 16.8. The van der Waals surface area contributed by atoms with E-state index in [1.807, 2.05) is 55.4 Å². The van der Waals surface area contributed by atoms with E-state index < -0.39 is 21.7 Å². The van der Waals surface area contributed by atoms with E-state index in [0.29, 0.717) is 0 Å². The van der Waals surface area contributed by atoms with Gasteiger partial charge in [0.1, 0.15) is 0 Å². The van der Waals surface area contributed by atoms with Crippen LogP contribution in [0.25, 0.3) is 0 Å². The van der Waals surface area contributed by atoms with E-state index in [0.717, 1.165) is 33.4 Å². The lowest BCUT2D eigenvalue weighted by Gasteiger charge is -2.62. The molecule has 26 heavy (non-hydrogen) atoms. The molecule has 0 radical (unpaired) electrons. The molecule has 0 heterocycles. The maximum Gasteiger partial charge on any atom is 0.185 e. The Hall–Kier alpha value is -2.82. The summed E-state index contributed by atoms with van der Waals surface area (Å²) >= 11 is 0. The van der Waals surface area contributed by atoms with Crippen molar-refractivity contribution in [2.45, 2.75) is 55.4 Å². The van der Waals surface area contributed by atoms with Gasteiger partial charge < -0.3 is 0 Å². The SMILES string of the molecule is CC(C)=C1C(=C(C)C)C2=C1C(C)(C)C(C#N)(C#N)C(C#N)(C#N)C2(C)C. The Kier molecular flexibility index (Phi) is 4.00. The molecule has 0 N–H and O–H groups in total. The number of hydrogen-bond acceptors (Lipinski definition) is 4. The molecule has 132 valence electrons. The Bertz CT molecular complexity index is 853. The molecular weight excluding hydrogens is 320 g/mol. The molecule has 0 saturated heterocycles. The average Bonchev–Trinajstić information content (AvgIpc) is 2.48. The van der Waals surface area contributed by atoms with Crippen LogP contribution in [-0.4, -0.2) is 0 Å². The number of nitrogens with zero attached hydrogens (tertiary/aromatic N) is 4. The second-order valence-electron chi connectivity index (χ2n) is 8.70. The van der Waals surface area contributed by atoms with Crippen LogP contribution in [-0.2, 0) is 0 Å². The van der Waals surface area contributed by atoms with E-state index in [4.69, 9.17) is 0 Å². The molecule has 2 aliphatic carbocycles. The van der Waals surface area contributed by atoms with Gasteiger partial charge in [-0.2, -0.15) is 21.0 Å². The van der Waals surface area contributed by atoms with Crippen LogP contribution in [0, 0.1) is 67.0 Å². The molecule has 0 fully saturated rings. The summed E-state index contributed by atoms with van der Waals surface area (Å²) in [6, 6.07) is 8.46. The number of hydrogen-bond donors (Lipinski definition) is 0. The van der Waals surface area contributed by atoms with Crippen molar-refractivity contribution >= 4 is 0 Å². The second-order valence-corrected chi connectivity index (χ2v) is 8.70. The number of nitriles is 4. The Morgan fingerprint density at radius 3 is 0.962 bits per heavy atom. The summed E-state index contributed by atoms with van der Waals surface area (Å²) in [7, 11) is 0. The van der Waals surface area contributed by atoms with Gasteiger partial charge in [-0.1, -0.05) is 38.8 Å². The first-order valence-electron chi connectivity index (χ1n) is 8.64. The minimum absolute atomic E-state index is 0.947. The van der Waals surface area contributed by atoms with E-state index in [1.165, 1.54) is 0 Å². The van der Waals surface area contributed by atoms with Crippen LogP contribution >= 0.6 is 0 Å². The molecule has 0 aliphatic heterocycles. The van der Waals surface area contributed by atoms with E-state index in [-0.39, 0.29) is 0 Å². The van der Waals surface area contributed by atoms with E-state index >= 15 is 0 Å². The first kappa shape index (κ1) is 19.5. The highest BCUT2D eigenvalue weighted by molar-refractivity contribution is 5.79. The first-order chi connectivity index (χ1) is 11.9.